The van der Waals surface area contributed by atoms with Crippen LogP contribution in [0.1, 0.15) is 36.0 Å². The van der Waals surface area contributed by atoms with Crippen LogP contribution in [0.5, 0.6) is 0 Å². The molecule has 1 aliphatic rings. The van der Waals surface area contributed by atoms with Crippen LogP contribution < -0.4 is 5.73 Å². The summed E-state index contributed by atoms with van der Waals surface area (Å²) in [5.41, 5.74) is 4.38. The molecule has 108 valence electrons. The first-order valence-corrected chi connectivity index (χ1v) is 6.54. The molecule has 0 aromatic heterocycles. The molecule has 1 aromatic rings. The third-order valence-corrected chi connectivity index (χ3v) is 3.48. The Morgan fingerprint density at radius 3 is 2.40 bits per heavy atom. The minimum absolute atomic E-state index is 0.388. The van der Waals surface area contributed by atoms with Gasteiger partial charge in [0.25, 0.3) is 11.6 Å². The Labute approximate surface area is 115 Å². The van der Waals surface area contributed by atoms with Gasteiger partial charge in [-0.05, 0) is 18.9 Å². The molecule has 1 heterocycles. The molecule has 1 saturated heterocycles. The van der Waals surface area contributed by atoms with Gasteiger partial charge in [-0.15, -0.1) is 0 Å². The van der Waals surface area contributed by atoms with Gasteiger partial charge in [0.2, 0.25) is 0 Å². The smallest absolute Gasteiger partial charge is 0.293 e. The predicted molar refractivity (Wildman–Crippen MR) is 71.8 cm³/mol. The Kier molecular flexibility index (Phi) is 4.16. The van der Waals surface area contributed by atoms with Crippen LogP contribution in [0.15, 0.2) is 12.1 Å². The second-order valence-electron chi connectivity index (χ2n) is 4.82. The van der Waals surface area contributed by atoms with E-state index in [0.717, 1.165) is 37.8 Å². The standard InChI is InChI=1S/C13H16FN3O3/c14-9-5-6-10(17(19)20)12(15)11(9)13(18)16-7-3-1-2-4-8-16/h5-6H,1-4,7-8,15H2. The molecule has 1 fully saturated rings. The fourth-order valence-corrected chi connectivity index (χ4v) is 2.39. The van der Waals surface area contributed by atoms with Crippen molar-refractivity contribution in [1.29, 1.82) is 0 Å². The maximum Gasteiger partial charge on any atom is 0.293 e. The van der Waals surface area contributed by atoms with E-state index in [1.807, 2.05) is 0 Å². The Morgan fingerprint density at radius 1 is 1.25 bits per heavy atom. The normalized spacial score (nSPS) is 15.8. The van der Waals surface area contributed by atoms with E-state index in [-0.39, 0.29) is 5.56 Å². The number of nitrogens with zero attached hydrogens (tertiary/aromatic N) is 2. The van der Waals surface area contributed by atoms with Crippen LogP contribution in [0, 0.1) is 15.9 Å². The van der Waals surface area contributed by atoms with Gasteiger partial charge in [-0.3, -0.25) is 14.9 Å². The highest BCUT2D eigenvalue weighted by molar-refractivity contribution is 6.01. The molecule has 1 aliphatic heterocycles. The zero-order valence-electron chi connectivity index (χ0n) is 11.0. The van der Waals surface area contributed by atoms with E-state index in [1.165, 1.54) is 4.90 Å². The van der Waals surface area contributed by atoms with Gasteiger partial charge in [0.05, 0.1) is 4.92 Å². The van der Waals surface area contributed by atoms with Crippen molar-refractivity contribution in [3.63, 3.8) is 0 Å². The van der Waals surface area contributed by atoms with Crippen LogP contribution >= 0.6 is 0 Å². The summed E-state index contributed by atoms with van der Waals surface area (Å²) >= 11 is 0. The number of nitro groups is 1. The molecule has 0 unspecified atom stereocenters. The highest BCUT2D eigenvalue weighted by Gasteiger charge is 2.27. The van der Waals surface area contributed by atoms with Gasteiger partial charge in [0.1, 0.15) is 17.1 Å². The summed E-state index contributed by atoms with van der Waals surface area (Å²) in [4.78, 5) is 24.0. The number of nitrogens with two attached hydrogens (primary N) is 1. The Morgan fingerprint density at radius 2 is 1.85 bits per heavy atom. The highest BCUT2D eigenvalue weighted by atomic mass is 19.1. The molecule has 20 heavy (non-hydrogen) atoms. The van der Waals surface area contributed by atoms with E-state index in [1.54, 1.807) is 0 Å². The number of hydrogen-bond acceptors (Lipinski definition) is 4. The summed E-state index contributed by atoms with van der Waals surface area (Å²) in [5, 5.41) is 10.8. The fourth-order valence-electron chi connectivity index (χ4n) is 2.39. The fraction of sp³-hybridized carbons (Fsp3) is 0.462. The second kappa shape index (κ2) is 5.85. The number of carbonyl (C=O) groups is 1. The van der Waals surface area contributed by atoms with Gasteiger partial charge in [0, 0.05) is 19.2 Å². The second-order valence-corrected chi connectivity index (χ2v) is 4.82. The molecule has 2 rings (SSSR count). The molecule has 0 spiro atoms. The summed E-state index contributed by atoms with van der Waals surface area (Å²) in [6, 6.07) is 1.89. The molecule has 0 bridgehead atoms. The summed E-state index contributed by atoms with van der Waals surface area (Å²) in [5.74, 6) is -1.38. The van der Waals surface area contributed by atoms with Crippen molar-refractivity contribution in [2.75, 3.05) is 18.8 Å². The zero-order chi connectivity index (χ0) is 14.7. The topological polar surface area (TPSA) is 89.5 Å². The molecule has 0 radical (unpaired) electrons. The SMILES string of the molecule is Nc1c([N+](=O)[O-])ccc(F)c1C(=O)N1CCCCCC1. The average molecular weight is 281 g/mol. The van der Waals surface area contributed by atoms with Crippen molar-refractivity contribution < 1.29 is 14.1 Å². The van der Waals surface area contributed by atoms with Gasteiger partial charge in [0.15, 0.2) is 0 Å². The molecule has 0 atom stereocenters. The molecular weight excluding hydrogens is 265 g/mol. The summed E-state index contributed by atoms with van der Waals surface area (Å²) in [6.07, 6.45) is 3.75. The molecule has 0 aliphatic carbocycles. The number of anilines is 1. The van der Waals surface area contributed by atoms with Crippen molar-refractivity contribution in [2.45, 2.75) is 25.7 Å². The van der Waals surface area contributed by atoms with Crippen LogP contribution in [0.3, 0.4) is 0 Å². The predicted octanol–water partition coefficient (Wildman–Crippen LogP) is 2.33. The number of hydrogen-bond donors (Lipinski definition) is 1. The summed E-state index contributed by atoms with van der Waals surface area (Å²) in [6.45, 7) is 1.06. The van der Waals surface area contributed by atoms with Crippen LogP contribution in [0.25, 0.3) is 0 Å². The molecule has 1 amide bonds. The lowest BCUT2D eigenvalue weighted by atomic mass is 10.1. The first-order chi connectivity index (χ1) is 9.52. The molecular formula is C13H16FN3O3. The minimum atomic E-state index is -0.817. The van der Waals surface area contributed by atoms with Crippen molar-refractivity contribution in [3.05, 3.63) is 33.6 Å². The number of amides is 1. The van der Waals surface area contributed by atoms with E-state index in [2.05, 4.69) is 0 Å². The van der Waals surface area contributed by atoms with Crippen LogP contribution in [0.4, 0.5) is 15.8 Å². The quantitative estimate of drug-likeness (QED) is 0.512. The van der Waals surface area contributed by atoms with Gasteiger partial charge < -0.3 is 10.6 Å². The number of halogens is 1. The van der Waals surface area contributed by atoms with E-state index >= 15 is 0 Å². The zero-order valence-corrected chi connectivity index (χ0v) is 11.0. The first-order valence-electron chi connectivity index (χ1n) is 6.54. The van der Waals surface area contributed by atoms with E-state index in [4.69, 9.17) is 5.73 Å². The monoisotopic (exact) mass is 281 g/mol. The maximum absolute atomic E-state index is 13.9. The molecule has 1 aromatic carbocycles. The number of nitro benzene ring substituents is 1. The van der Waals surface area contributed by atoms with E-state index < -0.39 is 28.0 Å². The molecule has 2 N–H and O–H groups in total. The highest BCUT2D eigenvalue weighted by Crippen LogP contribution is 2.29. The van der Waals surface area contributed by atoms with Gasteiger partial charge >= 0.3 is 0 Å². The molecule has 0 saturated carbocycles. The first kappa shape index (κ1) is 14.2. The summed E-state index contributed by atoms with van der Waals surface area (Å²) < 4.78 is 13.9. The number of carbonyl (C=O) groups excluding carboxylic acids is 1. The third kappa shape index (κ3) is 2.71. The molecule has 6 nitrogen and oxygen atoms in total. The lowest BCUT2D eigenvalue weighted by Gasteiger charge is -2.21. The van der Waals surface area contributed by atoms with E-state index in [9.17, 15) is 19.3 Å². The maximum atomic E-state index is 13.9. The van der Waals surface area contributed by atoms with Crippen molar-refractivity contribution in [1.82, 2.24) is 4.90 Å². The van der Waals surface area contributed by atoms with Gasteiger partial charge in [-0.1, -0.05) is 12.8 Å². The van der Waals surface area contributed by atoms with Crippen LogP contribution in [0.2, 0.25) is 0 Å². The number of nitrogen functional groups attached to an aromatic ring is 1. The average Bonchev–Trinajstić information content (AvgIpc) is 2.66. The largest absolute Gasteiger partial charge is 0.392 e. The lowest BCUT2D eigenvalue weighted by Crippen LogP contribution is -2.33. The van der Waals surface area contributed by atoms with Gasteiger partial charge in [-0.25, -0.2) is 4.39 Å². The Balaban J connectivity index is 2.37. The summed E-state index contributed by atoms with van der Waals surface area (Å²) in [7, 11) is 0. The van der Waals surface area contributed by atoms with Crippen molar-refractivity contribution >= 4 is 17.3 Å². The van der Waals surface area contributed by atoms with Crippen LogP contribution in [-0.4, -0.2) is 28.8 Å². The molecule has 7 heteroatoms. The number of likely N-dealkylation sites (tertiary alicyclic amines) is 1. The minimum Gasteiger partial charge on any atom is -0.392 e. The van der Waals surface area contributed by atoms with Gasteiger partial charge in [-0.2, -0.15) is 0 Å². The number of rotatable bonds is 2. The Hall–Kier alpha value is -2.18. The van der Waals surface area contributed by atoms with E-state index in [0.29, 0.717) is 13.1 Å². The van der Waals surface area contributed by atoms with Crippen LogP contribution in [-0.2, 0) is 0 Å². The van der Waals surface area contributed by atoms with Crippen molar-refractivity contribution in [3.8, 4) is 0 Å². The third-order valence-electron chi connectivity index (χ3n) is 3.48. The Bertz CT molecular complexity index is 540. The number of benzene rings is 1. The van der Waals surface area contributed by atoms with Crippen molar-refractivity contribution in [2.24, 2.45) is 0 Å². The lowest BCUT2D eigenvalue weighted by molar-refractivity contribution is -0.384.